The molecule has 5 aromatic rings. The Morgan fingerprint density at radius 3 is 2.50 bits per heavy atom. The molecule has 0 saturated carbocycles. The number of ether oxygens (including phenoxy) is 3. The van der Waals surface area contributed by atoms with Gasteiger partial charge in [-0.1, -0.05) is 18.2 Å². The number of hydrogen-bond acceptors (Lipinski definition) is 8. The lowest BCUT2D eigenvalue weighted by molar-refractivity contribution is 0.0601. The maximum absolute atomic E-state index is 15.8. The van der Waals surface area contributed by atoms with Crippen LogP contribution in [0.5, 0.6) is 5.88 Å². The third kappa shape index (κ3) is 6.09. The third-order valence-electron chi connectivity index (χ3n) is 7.01. The Balaban J connectivity index is 1.44. The van der Waals surface area contributed by atoms with E-state index in [1.54, 1.807) is 49.6 Å². The molecule has 2 heterocycles. The van der Waals surface area contributed by atoms with Crippen molar-refractivity contribution in [3.8, 4) is 29.3 Å². The van der Waals surface area contributed by atoms with Crippen molar-refractivity contribution < 1.29 is 27.8 Å². The summed E-state index contributed by atoms with van der Waals surface area (Å²) in [5.41, 5.74) is 2.67. The summed E-state index contributed by atoms with van der Waals surface area (Å²) in [5.74, 6) is -1.12. The molecule has 0 fully saturated rings. The predicted molar refractivity (Wildman–Crippen MR) is 156 cm³/mol. The Bertz CT molecular complexity index is 1960. The van der Waals surface area contributed by atoms with Crippen molar-refractivity contribution in [2.75, 3.05) is 20.8 Å². The van der Waals surface area contributed by atoms with E-state index in [4.69, 9.17) is 24.5 Å². The largest absolute Gasteiger partial charge is 0.473 e. The Morgan fingerprint density at radius 2 is 1.77 bits per heavy atom. The van der Waals surface area contributed by atoms with E-state index < -0.39 is 17.6 Å². The molecule has 0 spiro atoms. The maximum atomic E-state index is 15.8. The zero-order chi connectivity index (χ0) is 31.2. The highest BCUT2D eigenvalue weighted by Gasteiger charge is 2.20. The molecule has 0 bridgehead atoms. The third-order valence-corrected chi connectivity index (χ3v) is 7.01. The van der Waals surface area contributed by atoms with Crippen molar-refractivity contribution in [3.05, 3.63) is 112 Å². The number of pyridine rings is 1. The van der Waals surface area contributed by atoms with Crippen LogP contribution in [0.4, 0.5) is 8.78 Å². The van der Waals surface area contributed by atoms with Crippen LogP contribution in [-0.2, 0) is 29.0 Å². The molecular formula is C33H25F2N5O4. The number of nitriles is 2. The second kappa shape index (κ2) is 13.1. The quantitative estimate of drug-likeness (QED) is 0.188. The first-order chi connectivity index (χ1) is 21.4. The van der Waals surface area contributed by atoms with Gasteiger partial charge in [-0.2, -0.15) is 10.5 Å². The van der Waals surface area contributed by atoms with Crippen molar-refractivity contribution in [1.29, 1.82) is 10.5 Å². The number of hydrogen-bond donors (Lipinski definition) is 0. The molecular weight excluding hydrogens is 568 g/mol. The minimum Gasteiger partial charge on any atom is -0.473 e. The maximum Gasteiger partial charge on any atom is 0.337 e. The van der Waals surface area contributed by atoms with Gasteiger partial charge in [-0.3, -0.25) is 0 Å². The lowest BCUT2D eigenvalue weighted by Gasteiger charge is -2.12. The van der Waals surface area contributed by atoms with Crippen LogP contribution in [0.15, 0.2) is 66.7 Å². The van der Waals surface area contributed by atoms with Crippen molar-refractivity contribution in [2.45, 2.75) is 19.6 Å². The van der Waals surface area contributed by atoms with Crippen molar-refractivity contribution in [2.24, 2.45) is 0 Å². The van der Waals surface area contributed by atoms with Crippen LogP contribution in [0.3, 0.4) is 0 Å². The SMILES string of the molecule is COCCn1c(Cc2ccc(-c3cccc(OCc4ccc(C#N)cc4F)n3)c(F)c2C#N)nc2ccc(C(=O)OC)cc21. The standard InChI is InChI=1S/C33H25F2N5O4/c1-42-13-12-40-29-15-22(33(41)43-2)9-11-28(29)38-30(40)16-21-8-10-24(32(35)25(21)18-37)27-4-3-5-31(39-27)44-19-23-7-6-20(17-36)14-26(23)34/h3-11,14-15H,12-13,16,19H2,1-2H3. The lowest BCUT2D eigenvalue weighted by atomic mass is 9.99. The summed E-state index contributed by atoms with van der Waals surface area (Å²) in [5, 5.41) is 18.9. The molecule has 9 nitrogen and oxygen atoms in total. The molecule has 2 aromatic heterocycles. The second-order valence-electron chi connectivity index (χ2n) is 9.69. The van der Waals surface area contributed by atoms with Gasteiger partial charge in [0.15, 0.2) is 5.82 Å². The highest BCUT2D eigenvalue weighted by Crippen LogP contribution is 2.29. The van der Waals surface area contributed by atoms with E-state index in [2.05, 4.69) is 4.98 Å². The molecule has 0 radical (unpaired) electrons. The smallest absolute Gasteiger partial charge is 0.337 e. The van der Waals surface area contributed by atoms with Crippen LogP contribution in [0.1, 0.15) is 38.4 Å². The Hall–Kier alpha value is -5.65. The summed E-state index contributed by atoms with van der Waals surface area (Å²) in [6.45, 7) is 0.629. The summed E-state index contributed by atoms with van der Waals surface area (Å²) < 4.78 is 47.7. The van der Waals surface area contributed by atoms with Gasteiger partial charge in [-0.25, -0.2) is 23.5 Å². The van der Waals surface area contributed by atoms with Crippen molar-refractivity contribution in [1.82, 2.24) is 14.5 Å². The van der Waals surface area contributed by atoms with Gasteiger partial charge >= 0.3 is 5.97 Å². The normalized spacial score (nSPS) is 10.8. The molecule has 3 aromatic carbocycles. The number of imidazole rings is 1. The van der Waals surface area contributed by atoms with Crippen LogP contribution in [0, 0.1) is 34.3 Å². The molecule has 11 heteroatoms. The molecule has 0 atom stereocenters. The molecule has 0 aliphatic heterocycles. The number of aromatic nitrogens is 3. The molecule has 220 valence electrons. The van der Waals surface area contributed by atoms with E-state index >= 15 is 4.39 Å². The monoisotopic (exact) mass is 593 g/mol. The molecule has 44 heavy (non-hydrogen) atoms. The Morgan fingerprint density at radius 1 is 0.955 bits per heavy atom. The van der Waals surface area contributed by atoms with Gasteiger partial charge in [0.25, 0.3) is 0 Å². The van der Waals surface area contributed by atoms with Gasteiger partial charge in [0.2, 0.25) is 5.88 Å². The van der Waals surface area contributed by atoms with Crippen LogP contribution in [-0.4, -0.2) is 41.3 Å². The minimum atomic E-state index is -0.750. The summed E-state index contributed by atoms with van der Waals surface area (Å²) in [4.78, 5) is 21.2. The van der Waals surface area contributed by atoms with Crippen LogP contribution in [0.25, 0.3) is 22.3 Å². The Labute approximate surface area is 251 Å². The molecule has 0 saturated heterocycles. The summed E-state index contributed by atoms with van der Waals surface area (Å²) in [6, 6.07) is 20.9. The van der Waals surface area contributed by atoms with E-state index in [1.165, 1.54) is 25.3 Å². The van der Waals surface area contributed by atoms with Crippen LogP contribution < -0.4 is 4.74 Å². The number of carbonyl (C=O) groups excluding carboxylic acids is 1. The molecule has 0 N–H and O–H groups in total. The van der Waals surface area contributed by atoms with Gasteiger partial charge < -0.3 is 18.8 Å². The average Bonchev–Trinajstić information content (AvgIpc) is 3.38. The number of halogens is 2. The number of benzene rings is 3. The van der Waals surface area contributed by atoms with E-state index in [0.29, 0.717) is 41.1 Å². The van der Waals surface area contributed by atoms with E-state index in [9.17, 15) is 14.4 Å². The van der Waals surface area contributed by atoms with E-state index in [0.717, 1.165) is 6.07 Å². The van der Waals surface area contributed by atoms with Crippen LogP contribution in [0.2, 0.25) is 0 Å². The number of fused-ring (bicyclic) bond motifs is 1. The first kappa shape index (κ1) is 29.8. The topological polar surface area (TPSA) is 123 Å². The average molecular weight is 594 g/mol. The number of rotatable bonds is 10. The molecule has 0 amide bonds. The number of nitrogens with zero attached hydrogens (tertiary/aromatic N) is 5. The summed E-state index contributed by atoms with van der Waals surface area (Å²) in [6.07, 6.45) is 0.138. The minimum absolute atomic E-state index is 0.0934. The highest BCUT2D eigenvalue weighted by molar-refractivity contribution is 5.93. The fourth-order valence-electron chi connectivity index (χ4n) is 4.77. The molecule has 0 aliphatic carbocycles. The Kier molecular flexibility index (Phi) is 8.89. The lowest BCUT2D eigenvalue weighted by Crippen LogP contribution is -2.10. The van der Waals surface area contributed by atoms with Gasteiger partial charge in [0, 0.05) is 37.3 Å². The molecule has 0 aliphatic rings. The van der Waals surface area contributed by atoms with Gasteiger partial charge in [0.05, 0.1) is 53.2 Å². The van der Waals surface area contributed by atoms with Gasteiger partial charge in [-0.15, -0.1) is 0 Å². The fourth-order valence-corrected chi connectivity index (χ4v) is 4.77. The van der Waals surface area contributed by atoms with E-state index in [-0.39, 0.29) is 46.9 Å². The molecule has 0 unspecified atom stereocenters. The molecule has 5 rings (SSSR count). The van der Waals surface area contributed by atoms with E-state index in [1.807, 2.05) is 16.7 Å². The first-order valence-electron chi connectivity index (χ1n) is 13.4. The zero-order valence-electron chi connectivity index (χ0n) is 23.8. The second-order valence-corrected chi connectivity index (χ2v) is 9.69. The van der Waals surface area contributed by atoms with Gasteiger partial charge in [-0.05, 0) is 48.0 Å². The first-order valence-corrected chi connectivity index (χ1v) is 13.4. The highest BCUT2D eigenvalue weighted by atomic mass is 19.1. The van der Waals surface area contributed by atoms with Gasteiger partial charge in [0.1, 0.15) is 24.3 Å². The number of esters is 1. The summed E-state index contributed by atoms with van der Waals surface area (Å²) >= 11 is 0. The fraction of sp³-hybridized carbons (Fsp3) is 0.182. The zero-order valence-corrected chi connectivity index (χ0v) is 23.8. The number of methoxy groups -OCH3 is 2. The predicted octanol–water partition coefficient (Wildman–Crippen LogP) is 5.72. The van der Waals surface area contributed by atoms with Crippen molar-refractivity contribution in [3.63, 3.8) is 0 Å². The summed E-state index contributed by atoms with van der Waals surface area (Å²) in [7, 11) is 2.87. The number of carbonyl (C=O) groups is 1. The van der Waals surface area contributed by atoms with Crippen molar-refractivity contribution >= 4 is 17.0 Å². The van der Waals surface area contributed by atoms with Crippen LogP contribution >= 0.6 is 0 Å².